The van der Waals surface area contributed by atoms with Gasteiger partial charge in [0.05, 0.1) is 21.9 Å². The fraction of sp³-hybridized carbons (Fsp3) is 0.444. The van der Waals surface area contributed by atoms with Crippen molar-refractivity contribution in [1.29, 1.82) is 0 Å². The number of nitrogens with zero attached hydrogens (tertiary/aromatic N) is 1. The van der Waals surface area contributed by atoms with Gasteiger partial charge in [0.15, 0.2) is 11.5 Å². The van der Waals surface area contributed by atoms with E-state index in [-0.39, 0.29) is 24.1 Å². The maximum Gasteiger partial charge on any atom is 0.426 e. The number of nitrogens with one attached hydrogen (secondary N) is 3. The van der Waals surface area contributed by atoms with E-state index in [1.807, 2.05) is 10.9 Å². The number of halogens is 1. The Balaban J connectivity index is 1.78. The third kappa shape index (κ3) is 6.46. The normalized spacial score (nSPS) is 17.9. The summed E-state index contributed by atoms with van der Waals surface area (Å²) < 4.78 is 26.5. The van der Waals surface area contributed by atoms with Crippen molar-refractivity contribution >= 4 is 46.5 Å². The zero-order valence-electron chi connectivity index (χ0n) is 17.5. The molecule has 1 aromatic carbocycles. The molecule has 1 fully saturated rings. The first-order valence-electron chi connectivity index (χ1n) is 9.45. The molecule has 1 heterocycles. The highest BCUT2D eigenvalue weighted by molar-refractivity contribution is 7.80. The van der Waals surface area contributed by atoms with E-state index in [1.54, 1.807) is 6.92 Å². The number of likely N-dealkylation sites (tertiary alicyclic amines) is 1. The number of hydrazine groups is 1. The van der Waals surface area contributed by atoms with Gasteiger partial charge in [0.2, 0.25) is 5.91 Å². The molecule has 0 radical (unpaired) electrons. The van der Waals surface area contributed by atoms with Gasteiger partial charge in [-0.1, -0.05) is 11.6 Å². The van der Waals surface area contributed by atoms with Crippen LogP contribution in [0.5, 0.6) is 11.5 Å². The van der Waals surface area contributed by atoms with Crippen LogP contribution in [0.25, 0.3) is 0 Å². The Labute approximate surface area is 195 Å². The molecule has 0 aliphatic carbocycles. The van der Waals surface area contributed by atoms with E-state index >= 15 is 0 Å². The summed E-state index contributed by atoms with van der Waals surface area (Å²) in [6, 6.07) is 2.05. The van der Waals surface area contributed by atoms with E-state index in [2.05, 4.69) is 5.32 Å². The summed E-state index contributed by atoms with van der Waals surface area (Å²) in [5.74, 6) is -3.13. The Bertz CT molecular complexity index is 992. The van der Waals surface area contributed by atoms with Crippen LogP contribution in [0, 0.1) is 0 Å². The molecule has 182 valence electrons. The summed E-state index contributed by atoms with van der Waals surface area (Å²) in [6.45, 7) is 1.72. The third-order valence-electron chi connectivity index (χ3n) is 4.79. The lowest BCUT2D eigenvalue weighted by Gasteiger charge is -2.44. The van der Waals surface area contributed by atoms with Gasteiger partial charge in [0.1, 0.15) is 6.61 Å². The second-order valence-corrected chi connectivity index (χ2v) is 9.32. The fourth-order valence-corrected chi connectivity index (χ4v) is 3.41. The lowest BCUT2D eigenvalue weighted by molar-refractivity contribution is -0.145. The zero-order chi connectivity index (χ0) is 24.9. The molecule has 15 heteroatoms. The van der Waals surface area contributed by atoms with Gasteiger partial charge in [-0.05, 0) is 37.1 Å². The van der Waals surface area contributed by atoms with Crippen molar-refractivity contribution in [3.63, 3.8) is 0 Å². The minimum absolute atomic E-state index is 0.121. The molecular weight excluding hydrogens is 484 g/mol. The average Bonchev–Trinajstić information content (AvgIpc) is 2.76. The number of hydrogen-bond acceptors (Lipinski definition) is 9. The van der Waals surface area contributed by atoms with Crippen molar-refractivity contribution < 1.29 is 42.9 Å². The Kier molecular flexibility index (Phi) is 8.46. The highest BCUT2D eigenvalue weighted by atomic mass is 35.5. The lowest BCUT2D eigenvalue weighted by atomic mass is 10.0. The van der Waals surface area contributed by atoms with Crippen LogP contribution in [0.15, 0.2) is 12.1 Å². The molecule has 2 rings (SSSR count). The molecule has 33 heavy (non-hydrogen) atoms. The largest absolute Gasteiger partial charge is 0.772 e. The first-order chi connectivity index (χ1) is 15.4. The number of hydrogen-bond donors (Lipinski definition) is 5. The highest BCUT2D eigenvalue weighted by Gasteiger charge is 2.39. The number of ether oxygens (including phenoxy) is 1. The molecule has 1 aliphatic heterocycles. The van der Waals surface area contributed by atoms with Crippen LogP contribution in [0.3, 0.4) is 0 Å². The Morgan fingerprint density at radius 3 is 2.58 bits per heavy atom. The number of carbonyl (C=O) groups is 4. The average molecular weight is 506 g/mol. The van der Waals surface area contributed by atoms with E-state index in [1.165, 1.54) is 11.8 Å². The van der Waals surface area contributed by atoms with Crippen LogP contribution < -0.4 is 16.2 Å². The van der Waals surface area contributed by atoms with Crippen LogP contribution >= 0.6 is 11.6 Å². The summed E-state index contributed by atoms with van der Waals surface area (Å²) in [5.41, 5.74) is 3.64. The van der Waals surface area contributed by atoms with Gasteiger partial charge in [-0.15, -0.1) is 0 Å². The van der Waals surface area contributed by atoms with Crippen LogP contribution in [-0.2, 0) is 25.4 Å². The lowest BCUT2D eigenvalue weighted by Crippen LogP contribution is -2.59. The molecule has 0 saturated carbocycles. The molecule has 13 nitrogen and oxygen atoms in total. The summed E-state index contributed by atoms with van der Waals surface area (Å²) in [6.07, 6.45) is -0.855. The number of carbonyl (C=O) groups excluding carboxylic acids is 4. The molecule has 1 aromatic rings. The fourth-order valence-electron chi connectivity index (χ4n) is 2.77. The summed E-state index contributed by atoms with van der Waals surface area (Å²) in [7, 11) is 0. The van der Waals surface area contributed by atoms with Crippen molar-refractivity contribution in [3.8, 4) is 11.5 Å². The van der Waals surface area contributed by atoms with Gasteiger partial charge in [0, 0.05) is 19.0 Å². The SMILES string of the molecule is C[C@@H]1CC(=O)N1C[C@](C)(COC(=O)NNC(=O)CNC(=O)c1ccc(O)c(O)c1Cl)S(=O)[O-]. The van der Waals surface area contributed by atoms with E-state index in [4.69, 9.17) is 16.3 Å². The van der Waals surface area contributed by atoms with Gasteiger partial charge < -0.3 is 29.7 Å². The van der Waals surface area contributed by atoms with Crippen molar-refractivity contribution in [2.24, 2.45) is 0 Å². The molecule has 1 saturated heterocycles. The van der Waals surface area contributed by atoms with Crippen LogP contribution in [0.4, 0.5) is 4.79 Å². The number of rotatable bonds is 8. The van der Waals surface area contributed by atoms with E-state index in [9.17, 15) is 38.2 Å². The van der Waals surface area contributed by atoms with Crippen molar-refractivity contribution in [2.45, 2.75) is 31.1 Å². The number of amides is 4. The smallest absolute Gasteiger partial charge is 0.426 e. The minimum atomic E-state index is -2.68. The van der Waals surface area contributed by atoms with Crippen LogP contribution in [0.2, 0.25) is 5.02 Å². The molecule has 3 atom stereocenters. The Morgan fingerprint density at radius 1 is 1.33 bits per heavy atom. The molecule has 5 N–H and O–H groups in total. The van der Waals surface area contributed by atoms with Gasteiger partial charge in [-0.25, -0.2) is 10.2 Å². The predicted molar refractivity (Wildman–Crippen MR) is 113 cm³/mol. The quantitative estimate of drug-likeness (QED) is 0.134. The van der Waals surface area contributed by atoms with Gasteiger partial charge in [-0.2, -0.15) is 0 Å². The molecular formula is C18H22ClN4O9S-. The maximum atomic E-state index is 12.0. The van der Waals surface area contributed by atoms with Crippen molar-refractivity contribution in [2.75, 3.05) is 19.7 Å². The number of benzene rings is 1. The first kappa shape index (κ1) is 26.2. The maximum absolute atomic E-state index is 12.0. The number of phenols is 2. The Morgan fingerprint density at radius 2 is 2.00 bits per heavy atom. The topological polar surface area (TPSA) is 197 Å². The van der Waals surface area contributed by atoms with Gasteiger partial charge in [-0.3, -0.25) is 24.0 Å². The molecule has 0 bridgehead atoms. The molecule has 0 aromatic heterocycles. The zero-order valence-corrected chi connectivity index (χ0v) is 19.1. The highest BCUT2D eigenvalue weighted by Crippen LogP contribution is 2.35. The second kappa shape index (κ2) is 10.7. The second-order valence-electron chi connectivity index (χ2n) is 7.49. The van der Waals surface area contributed by atoms with E-state index in [0.717, 1.165) is 12.1 Å². The van der Waals surface area contributed by atoms with Gasteiger partial charge >= 0.3 is 6.09 Å². The molecule has 4 amide bonds. The van der Waals surface area contributed by atoms with E-state index in [0.29, 0.717) is 6.42 Å². The van der Waals surface area contributed by atoms with Crippen LogP contribution in [0.1, 0.15) is 30.6 Å². The summed E-state index contributed by atoms with van der Waals surface area (Å²) in [4.78, 5) is 48.6. The third-order valence-corrected chi connectivity index (χ3v) is 6.23. The minimum Gasteiger partial charge on any atom is -0.772 e. The predicted octanol–water partition coefficient (Wildman–Crippen LogP) is -0.503. The number of aromatic hydroxyl groups is 2. The van der Waals surface area contributed by atoms with Crippen molar-refractivity contribution in [1.82, 2.24) is 21.1 Å². The van der Waals surface area contributed by atoms with E-state index < -0.39 is 63.4 Å². The number of phenolic OH excluding ortho intramolecular Hbond substituents is 2. The summed E-state index contributed by atoms with van der Waals surface area (Å²) >= 11 is 3.08. The molecule has 0 spiro atoms. The van der Waals surface area contributed by atoms with Crippen molar-refractivity contribution in [3.05, 3.63) is 22.7 Å². The standard InChI is InChI=1S/C18H23ClN4O9S/c1-9-5-13(26)23(9)7-18(2,33(30)31)8-32-17(29)22-21-12(25)6-20-16(28)10-3-4-11(24)15(27)14(10)19/h3-4,9,24,27H,5-8H2,1-2H3,(H,20,28)(H,21,25)(H,22,29)(H,30,31)/p-1/t9-,18-/m1/s1. The Hall–Kier alpha value is -3.10. The summed E-state index contributed by atoms with van der Waals surface area (Å²) in [5, 5.41) is 20.6. The number of β-lactam (4-membered cyclic amide) rings is 1. The monoisotopic (exact) mass is 505 g/mol. The first-order valence-corrected chi connectivity index (χ1v) is 10.9. The molecule has 1 unspecified atom stereocenters. The molecule has 1 aliphatic rings. The van der Waals surface area contributed by atoms with Gasteiger partial charge in [0.25, 0.3) is 11.8 Å². The van der Waals surface area contributed by atoms with Crippen LogP contribution in [-0.4, -0.2) is 78.2 Å².